The summed E-state index contributed by atoms with van der Waals surface area (Å²) >= 11 is 6.24. The minimum absolute atomic E-state index is 0. The molecule has 1 aromatic carbocycles. The van der Waals surface area contributed by atoms with Crippen molar-refractivity contribution >= 4 is 29.9 Å². The summed E-state index contributed by atoms with van der Waals surface area (Å²) in [4.78, 5) is 14.6. The van der Waals surface area contributed by atoms with E-state index in [1.165, 1.54) is 0 Å². The number of hydrogen-bond donors (Lipinski definition) is 1. The quantitative estimate of drug-likeness (QED) is 0.874. The number of likely N-dealkylation sites (tertiary alicyclic amines) is 1. The molecule has 0 saturated carbocycles. The van der Waals surface area contributed by atoms with E-state index in [0.29, 0.717) is 41.3 Å². The first-order chi connectivity index (χ1) is 10.6. The second-order valence-corrected chi connectivity index (χ2v) is 5.71. The van der Waals surface area contributed by atoms with Gasteiger partial charge in [0, 0.05) is 24.7 Å². The van der Waals surface area contributed by atoms with Gasteiger partial charge in [0.15, 0.2) is 11.5 Å². The van der Waals surface area contributed by atoms with Crippen LogP contribution in [-0.2, 0) is 0 Å². The molecule has 0 spiro atoms. The Bertz CT molecular complexity index is 540. The van der Waals surface area contributed by atoms with E-state index in [1.54, 1.807) is 19.2 Å². The highest BCUT2D eigenvalue weighted by Crippen LogP contribution is 2.36. The van der Waals surface area contributed by atoms with Crippen LogP contribution in [0.1, 0.15) is 30.1 Å². The number of amides is 1. The molecule has 1 unspecified atom stereocenters. The number of rotatable bonds is 5. The van der Waals surface area contributed by atoms with Crippen molar-refractivity contribution in [3.63, 3.8) is 0 Å². The summed E-state index contributed by atoms with van der Waals surface area (Å²) in [5.41, 5.74) is 0.530. The van der Waals surface area contributed by atoms with Crippen LogP contribution in [0.4, 0.5) is 0 Å². The summed E-state index contributed by atoms with van der Waals surface area (Å²) in [5.74, 6) is 0.943. The third kappa shape index (κ3) is 4.66. The first-order valence-electron chi connectivity index (χ1n) is 7.57. The summed E-state index contributed by atoms with van der Waals surface area (Å²) in [6.07, 6.45) is 2.09. The lowest BCUT2D eigenvalue weighted by molar-refractivity contribution is 0.0698. The number of carbonyl (C=O) groups is 1. The van der Waals surface area contributed by atoms with Crippen LogP contribution in [-0.4, -0.2) is 50.7 Å². The number of carbonyl (C=O) groups excluding carboxylic acids is 1. The summed E-state index contributed by atoms with van der Waals surface area (Å²) in [7, 11) is 3.47. The van der Waals surface area contributed by atoms with E-state index in [1.807, 2.05) is 18.9 Å². The molecule has 130 valence electrons. The maximum Gasteiger partial charge on any atom is 0.254 e. The van der Waals surface area contributed by atoms with Crippen LogP contribution >= 0.6 is 24.0 Å². The zero-order valence-corrected chi connectivity index (χ0v) is 15.3. The largest absolute Gasteiger partial charge is 0.493 e. The van der Waals surface area contributed by atoms with E-state index in [9.17, 15) is 4.79 Å². The predicted molar refractivity (Wildman–Crippen MR) is 94.4 cm³/mol. The van der Waals surface area contributed by atoms with Gasteiger partial charge in [0.1, 0.15) is 0 Å². The van der Waals surface area contributed by atoms with Crippen molar-refractivity contribution in [2.75, 3.05) is 33.9 Å². The topological polar surface area (TPSA) is 50.8 Å². The van der Waals surface area contributed by atoms with Gasteiger partial charge in [-0.1, -0.05) is 11.6 Å². The molecule has 0 aromatic heterocycles. The third-order valence-corrected chi connectivity index (χ3v) is 4.16. The van der Waals surface area contributed by atoms with Gasteiger partial charge in [-0.05, 0) is 38.9 Å². The fourth-order valence-electron chi connectivity index (χ4n) is 2.71. The molecule has 1 N–H and O–H groups in total. The number of methoxy groups -OCH3 is 1. The molecule has 0 radical (unpaired) electrons. The van der Waals surface area contributed by atoms with Gasteiger partial charge in [0.05, 0.1) is 18.7 Å². The SMILES string of the molecule is CCOc1c(Cl)cc(C(=O)N2CCCC(NC)C2)cc1OC.Cl. The molecule has 1 amide bonds. The van der Waals surface area contributed by atoms with Crippen molar-refractivity contribution < 1.29 is 14.3 Å². The smallest absolute Gasteiger partial charge is 0.254 e. The Kier molecular flexibility index (Phi) is 7.95. The summed E-state index contributed by atoms with van der Waals surface area (Å²) in [5, 5.41) is 3.63. The van der Waals surface area contributed by atoms with Crippen molar-refractivity contribution in [3.8, 4) is 11.5 Å². The Balaban J connectivity index is 0.00000264. The number of likely N-dealkylation sites (N-methyl/N-ethyl adjacent to an activating group) is 1. The van der Waals surface area contributed by atoms with Crippen LogP contribution in [0.3, 0.4) is 0 Å². The molecule has 2 rings (SSSR count). The van der Waals surface area contributed by atoms with Crippen molar-refractivity contribution in [1.82, 2.24) is 10.2 Å². The highest BCUT2D eigenvalue weighted by molar-refractivity contribution is 6.32. The highest BCUT2D eigenvalue weighted by Gasteiger charge is 2.25. The second kappa shape index (κ2) is 9.21. The molecular weight excluding hydrogens is 339 g/mol. The Morgan fingerprint density at radius 3 is 2.83 bits per heavy atom. The van der Waals surface area contributed by atoms with E-state index >= 15 is 0 Å². The Hall–Kier alpha value is -1.17. The zero-order chi connectivity index (χ0) is 16.1. The molecule has 7 heteroatoms. The number of halogens is 2. The molecule has 1 atom stereocenters. The van der Waals surface area contributed by atoms with Gasteiger partial charge in [0.2, 0.25) is 0 Å². The number of benzene rings is 1. The van der Waals surface area contributed by atoms with Crippen LogP contribution in [0.2, 0.25) is 5.02 Å². The highest BCUT2D eigenvalue weighted by atomic mass is 35.5. The standard InChI is InChI=1S/C16H23ClN2O3.ClH/c1-4-22-15-13(17)8-11(9-14(15)21-3)16(20)19-7-5-6-12(10-19)18-2;/h8-9,12,18H,4-7,10H2,1-3H3;1H. The molecule has 1 heterocycles. The molecule has 1 aromatic rings. The molecule has 0 aliphatic carbocycles. The third-order valence-electron chi connectivity index (χ3n) is 3.88. The van der Waals surface area contributed by atoms with Gasteiger partial charge >= 0.3 is 0 Å². The normalized spacial score (nSPS) is 17.4. The van der Waals surface area contributed by atoms with Gasteiger partial charge in [-0.3, -0.25) is 4.79 Å². The van der Waals surface area contributed by atoms with Gasteiger partial charge < -0.3 is 19.7 Å². The Morgan fingerprint density at radius 2 is 2.22 bits per heavy atom. The first kappa shape index (κ1) is 19.9. The van der Waals surface area contributed by atoms with E-state index in [-0.39, 0.29) is 18.3 Å². The number of nitrogens with one attached hydrogen (secondary N) is 1. The van der Waals surface area contributed by atoms with Crippen molar-refractivity contribution in [1.29, 1.82) is 0 Å². The van der Waals surface area contributed by atoms with Crippen LogP contribution in [0.25, 0.3) is 0 Å². The lowest BCUT2D eigenvalue weighted by atomic mass is 10.0. The van der Waals surface area contributed by atoms with E-state index in [0.717, 1.165) is 19.4 Å². The number of hydrogen-bond acceptors (Lipinski definition) is 4. The lowest BCUT2D eigenvalue weighted by Crippen LogP contribution is -2.46. The minimum atomic E-state index is -0.0248. The first-order valence-corrected chi connectivity index (χ1v) is 7.95. The maximum atomic E-state index is 12.7. The van der Waals surface area contributed by atoms with Gasteiger partial charge in [-0.25, -0.2) is 0 Å². The predicted octanol–water partition coefficient (Wildman–Crippen LogP) is 2.99. The van der Waals surface area contributed by atoms with E-state index in [4.69, 9.17) is 21.1 Å². The lowest BCUT2D eigenvalue weighted by Gasteiger charge is -2.32. The van der Waals surface area contributed by atoms with E-state index < -0.39 is 0 Å². The summed E-state index contributed by atoms with van der Waals surface area (Å²) in [6.45, 7) is 3.84. The van der Waals surface area contributed by atoms with Crippen molar-refractivity contribution in [2.45, 2.75) is 25.8 Å². The Labute approximate surface area is 148 Å². The van der Waals surface area contributed by atoms with Crippen LogP contribution < -0.4 is 14.8 Å². The van der Waals surface area contributed by atoms with Crippen molar-refractivity contribution in [2.24, 2.45) is 0 Å². The number of piperidine rings is 1. The second-order valence-electron chi connectivity index (χ2n) is 5.30. The molecule has 5 nitrogen and oxygen atoms in total. The Morgan fingerprint density at radius 1 is 1.48 bits per heavy atom. The van der Waals surface area contributed by atoms with E-state index in [2.05, 4.69) is 5.32 Å². The molecule has 1 fully saturated rings. The minimum Gasteiger partial charge on any atom is -0.493 e. The van der Waals surface area contributed by atoms with Gasteiger partial charge in [0.25, 0.3) is 5.91 Å². The molecule has 1 saturated heterocycles. The van der Waals surface area contributed by atoms with Gasteiger partial charge in [-0.2, -0.15) is 0 Å². The number of nitrogens with zero attached hydrogens (tertiary/aromatic N) is 1. The molecule has 1 aliphatic rings. The fourth-order valence-corrected chi connectivity index (χ4v) is 2.97. The molecule has 1 aliphatic heterocycles. The van der Waals surface area contributed by atoms with Crippen LogP contribution in [0.15, 0.2) is 12.1 Å². The molecule has 0 bridgehead atoms. The van der Waals surface area contributed by atoms with Crippen LogP contribution in [0.5, 0.6) is 11.5 Å². The average Bonchev–Trinajstić information content (AvgIpc) is 2.55. The average molecular weight is 363 g/mol. The molecular formula is C16H24Cl2N2O3. The maximum absolute atomic E-state index is 12.7. The zero-order valence-electron chi connectivity index (χ0n) is 13.7. The summed E-state index contributed by atoms with van der Waals surface area (Å²) in [6, 6.07) is 3.69. The van der Waals surface area contributed by atoms with Gasteiger partial charge in [-0.15, -0.1) is 12.4 Å². The molecule has 23 heavy (non-hydrogen) atoms. The number of ether oxygens (including phenoxy) is 2. The monoisotopic (exact) mass is 362 g/mol. The fraction of sp³-hybridized carbons (Fsp3) is 0.562. The van der Waals surface area contributed by atoms with Crippen molar-refractivity contribution in [3.05, 3.63) is 22.7 Å². The summed E-state index contributed by atoms with van der Waals surface area (Å²) < 4.78 is 10.8. The van der Waals surface area contributed by atoms with Crippen LogP contribution in [0, 0.1) is 0 Å².